The van der Waals surface area contributed by atoms with E-state index in [0.29, 0.717) is 36.5 Å². The van der Waals surface area contributed by atoms with E-state index >= 15 is 0 Å². The van der Waals surface area contributed by atoms with Crippen LogP contribution in [-0.2, 0) is 49.4 Å². The van der Waals surface area contributed by atoms with Gasteiger partial charge in [0.1, 0.15) is 29.6 Å². The summed E-state index contributed by atoms with van der Waals surface area (Å²) in [7, 11) is 5.96. The van der Waals surface area contributed by atoms with Crippen LogP contribution in [0.1, 0.15) is 106 Å². The van der Waals surface area contributed by atoms with E-state index in [1.165, 1.54) is 47.8 Å². The molecule has 0 aromatic heterocycles. The van der Waals surface area contributed by atoms with E-state index in [9.17, 15) is 38.7 Å². The lowest BCUT2D eigenvalue weighted by Gasteiger charge is -2.41. The van der Waals surface area contributed by atoms with E-state index in [-0.39, 0.29) is 66.9 Å². The van der Waals surface area contributed by atoms with E-state index < -0.39 is 70.7 Å². The lowest BCUT2D eigenvalue weighted by Crippen LogP contribution is -2.60. The number of benzene rings is 1. The summed E-state index contributed by atoms with van der Waals surface area (Å²) < 4.78 is 23.9. The molecule has 4 fully saturated rings. The van der Waals surface area contributed by atoms with Gasteiger partial charge in [0.15, 0.2) is 0 Å². The van der Waals surface area contributed by atoms with Gasteiger partial charge in [0, 0.05) is 71.8 Å². The van der Waals surface area contributed by atoms with Crippen LogP contribution in [0.5, 0.6) is 0 Å². The van der Waals surface area contributed by atoms with Gasteiger partial charge in [-0.1, -0.05) is 62.7 Å². The van der Waals surface area contributed by atoms with Crippen LogP contribution in [0, 0.1) is 30.6 Å². The van der Waals surface area contributed by atoms with Crippen molar-refractivity contribution < 1.29 is 54.2 Å². The second-order valence-corrected chi connectivity index (χ2v) is 20.8. The number of alkyl carbamates (subject to hydrolysis) is 1. The highest BCUT2D eigenvalue weighted by Gasteiger charge is 2.64. The summed E-state index contributed by atoms with van der Waals surface area (Å²) >= 11 is 8.05. The smallest absolute Gasteiger partial charge is 0.409 e. The third-order valence-electron chi connectivity index (χ3n) is 14.4. The van der Waals surface area contributed by atoms with Crippen LogP contribution in [0.15, 0.2) is 35.9 Å². The van der Waals surface area contributed by atoms with Crippen molar-refractivity contribution >= 4 is 70.6 Å². The van der Waals surface area contributed by atoms with Gasteiger partial charge in [-0.2, -0.15) is 0 Å². The van der Waals surface area contributed by atoms with Crippen LogP contribution >= 0.6 is 23.4 Å². The number of nitrogens with one attached hydrogen (secondary N) is 2. The molecule has 1 aliphatic carbocycles. The molecule has 67 heavy (non-hydrogen) atoms. The second kappa shape index (κ2) is 21.9. The first kappa shape index (κ1) is 51.9. The monoisotopic (exact) mass is 972 g/mol. The summed E-state index contributed by atoms with van der Waals surface area (Å²) in [5.41, 5.74) is 0.279. The number of likely N-dealkylation sites (N-methyl/N-ethyl adjacent to an activating group) is 1. The number of esters is 1. The highest BCUT2D eigenvalue weighted by molar-refractivity contribution is 8.00. The number of nitrogens with zero attached hydrogens (tertiary/aromatic N) is 3. The Bertz CT molecular complexity index is 2150. The predicted octanol–water partition coefficient (Wildman–Crippen LogP) is 5.87. The van der Waals surface area contributed by atoms with Crippen LogP contribution in [0.4, 0.5) is 10.5 Å². The third-order valence-corrected chi connectivity index (χ3v) is 16.1. The molecule has 3 saturated heterocycles. The number of anilines is 1. The summed E-state index contributed by atoms with van der Waals surface area (Å²) in [4.78, 5) is 97.0. The number of carbonyl (C=O) groups excluding carboxylic acids is 7. The highest BCUT2D eigenvalue weighted by atomic mass is 35.5. The largest absolute Gasteiger partial charge is 0.457 e. The van der Waals surface area contributed by atoms with Crippen LogP contribution in [0.25, 0.3) is 0 Å². The Labute approximate surface area is 405 Å². The van der Waals surface area contributed by atoms with E-state index in [0.717, 1.165) is 29.5 Å². The van der Waals surface area contributed by atoms with E-state index in [1.807, 2.05) is 51.1 Å². The first-order valence-electron chi connectivity index (χ1n) is 24.0. The average molecular weight is 974 g/mol. The van der Waals surface area contributed by atoms with Gasteiger partial charge in [-0.25, -0.2) is 9.59 Å². The number of rotatable bonds is 10. The Hall–Kier alpha value is -4.45. The fraction of sp³-hybridized carbons (Fsp3) is 0.653. The maximum absolute atomic E-state index is 14.3. The predicted molar refractivity (Wildman–Crippen MR) is 256 cm³/mol. The van der Waals surface area contributed by atoms with E-state index in [2.05, 4.69) is 10.6 Å². The molecular weight excluding hydrogens is 902 g/mol. The molecule has 1 unspecified atom stereocenters. The van der Waals surface area contributed by atoms with Gasteiger partial charge in [-0.05, 0) is 82.9 Å². The first-order valence-corrected chi connectivity index (χ1v) is 24.4. The summed E-state index contributed by atoms with van der Waals surface area (Å²) in [6, 6.07) is 2.72. The lowest BCUT2D eigenvalue weighted by atomic mass is 9.81. The van der Waals surface area contributed by atoms with Gasteiger partial charge in [0.25, 0.3) is 0 Å². The number of allylic oxidation sites excluding steroid dienone is 3. The number of likely N-dealkylation sites (tertiary alicyclic amines) is 1. The Kier molecular flexibility index (Phi) is 17.0. The van der Waals surface area contributed by atoms with Gasteiger partial charge >= 0.3 is 12.1 Å². The fourth-order valence-corrected chi connectivity index (χ4v) is 11.0. The molecule has 3 N–H and O–H groups in total. The lowest BCUT2D eigenvalue weighted by molar-refractivity contribution is -0.162. The van der Waals surface area contributed by atoms with Crippen molar-refractivity contribution in [1.82, 2.24) is 20.4 Å². The Balaban J connectivity index is 0.00000426. The van der Waals surface area contributed by atoms with Gasteiger partial charge in [-0.3, -0.25) is 34.2 Å². The van der Waals surface area contributed by atoms with Crippen molar-refractivity contribution in [2.45, 2.75) is 148 Å². The number of hydrogen-bond donors (Lipinski definition) is 3. The van der Waals surface area contributed by atoms with Crippen molar-refractivity contribution in [3.05, 3.63) is 52.1 Å². The van der Waals surface area contributed by atoms with Crippen molar-refractivity contribution in [2.24, 2.45) is 23.7 Å². The normalized spacial score (nSPS) is 33.0. The zero-order valence-corrected chi connectivity index (χ0v) is 42.1. The Morgan fingerprint density at radius 1 is 1.12 bits per heavy atom. The molecule has 4 heterocycles. The molecule has 4 bridgehead atoms. The number of aliphatic hydroxyl groups is 1. The summed E-state index contributed by atoms with van der Waals surface area (Å²) in [5.74, 6) is -2.77. The SMILES string of the molecule is CNC(=O)C1CCC(CN2C(=O)CC(SCCC(=O)N(C)[C@@H](C)C(=O)O[C@H]3CC(=O)N(C)c4cc(cc(C)c4Cl)C/C(C)=C/C=C/[C@@H](C)[C@@]4(O)C[C@H](OC(=O)N4)[C@@H](C)[C@@H]4O[C@@]34C)C2=O)CC1.[2H]C. The maximum atomic E-state index is 14.3. The molecule has 1 saturated carbocycles. The van der Waals surface area contributed by atoms with Crippen LogP contribution in [-0.4, -0.2) is 131 Å². The molecule has 4 aliphatic heterocycles. The molecule has 0 radical (unpaired) electrons. The highest BCUT2D eigenvalue weighted by Crippen LogP contribution is 2.49. The van der Waals surface area contributed by atoms with Crippen molar-refractivity contribution in [2.75, 3.05) is 38.3 Å². The number of carbonyl (C=O) groups is 7. The quantitative estimate of drug-likeness (QED) is 0.143. The molecule has 1 aromatic carbocycles. The number of epoxide rings is 1. The maximum Gasteiger partial charge on any atom is 0.409 e. The van der Waals surface area contributed by atoms with E-state index in [1.54, 1.807) is 27.9 Å². The van der Waals surface area contributed by atoms with Gasteiger partial charge < -0.3 is 34.4 Å². The van der Waals surface area contributed by atoms with Crippen LogP contribution in [0.2, 0.25) is 5.02 Å². The number of imide groups is 1. The number of thioether (sulfide) groups is 1. The Morgan fingerprint density at radius 2 is 1.81 bits per heavy atom. The minimum Gasteiger partial charge on any atom is -0.457 e. The van der Waals surface area contributed by atoms with Crippen molar-refractivity contribution in [1.29, 1.82) is 0 Å². The van der Waals surface area contributed by atoms with Crippen LogP contribution in [0.3, 0.4) is 0 Å². The molecule has 0 spiro atoms. The molecule has 9 atom stereocenters. The van der Waals surface area contributed by atoms with Crippen molar-refractivity contribution in [3.8, 4) is 0 Å². The standard InChI is InChI=1S/C48H66ClN5O11S.CH4/c1-26-11-10-12-28(3)48(62)24-35(63-46(61)51-48)29(4)42-47(6,65-42)37(23-39(56)53(9)34-21-32(19-26)20-27(2)41(34)49)64-45(60)30(5)52(8)38(55)17-18-66-36-22-40(57)54(44(36)59)25-31-13-15-33(16-14-31)43(58)50-7;/h10-12,20-21,28-31,33,35-37,42,62H,13-19,22-25H2,1-9H3,(H,50,58)(H,51,61);1H4/b12-10+,26-11+;/t28-,29-,30+,31?,33?,35+,36?,37+,42+,47+,48+;/m1./s1/i;1D. The number of amides is 6. The summed E-state index contributed by atoms with van der Waals surface area (Å²) in [6.07, 6.45) is 5.41. The molecule has 6 amide bonds. The van der Waals surface area contributed by atoms with Gasteiger partial charge in [-0.15, -0.1) is 11.8 Å². The number of hydrogen-bond acceptors (Lipinski definition) is 12. The van der Waals surface area contributed by atoms with Gasteiger partial charge in [0.05, 0.1) is 28.5 Å². The number of fused-ring (bicyclic) bond motifs is 5. The zero-order chi connectivity index (χ0) is 50.4. The van der Waals surface area contributed by atoms with Crippen molar-refractivity contribution in [3.63, 3.8) is 0 Å². The fourth-order valence-electron chi connectivity index (χ4n) is 9.67. The first-order chi connectivity index (χ1) is 32.1. The molecule has 6 rings (SSSR count). The Morgan fingerprint density at radius 3 is 2.48 bits per heavy atom. The molecular formula is C49H70ClN5O11S. The second-order valence-electron chi connectivity index (χ2n) is 19.1. The molecule has 1 aromatic rings. The minimum atomic E-state index is -1.64. The van der Waals surface area contributed by atoms with Crippen LogP contribution < -0.4 is 15.5 Å². The number of aryl methyl sites for hydroxylation is 1. The van der Waals surface area contributed by atoms with E-state index in [4.69, 9.17) is 27.2 Å². The zero-order valence-electron chi connectivity index (χ0n) is 41.5. The minimum absolute atomic E-state index is 0.0162. The topological polar surface area (TPSA) is 204 Å². The number of ether oxygens (including phenoxy) is 3. The third kappa shape index (κ3) is 12.1. The molecule has 18 heteroatoms. The molecule has 5 aliphatic rings. The molecule has 370 valence electrons. The summed E-state index contributed by atoms with van der Waals surface area (Å²) in [5, 5.41) is 16.8. The van der Waals surface area contributed by atoms with Gasteiger partial charge in [0.2, 0.25) is 29.5 Å². The molecule has 16 nitrogen and oxygen atoms in total. The summed E-state index contributed by atoms with van der Waals surface area (Å²) in [6.45, 7) is 11.0. The average Bonchev–Trinajstić information content (AvgIpc) is 3.94. The number of halogens is 1.